The summed E-state index contributed by atoms with van der Waals surface area (Å²) in [7, 11) is 1.59. The minimum Gasteiger partial charge on any atom is -0.461 e. The number of para-hydroxylation sites is 2. The lowest BCUT2D eigenvalue weighted by Crippen LogP contribution is -2.50. The molecule has 2 aromatic rings. The Morgan fingerprint density at radius 3 is 2.38 bits per heavy atom. The zero-order valence-corrected chi connectivity index (χ0v) is 16.8. The zero-order valence-electron chi connectivity index (χ0n) is 16.8. The summed E-state index contributed by atoms with van der Waals surface area (Å²) in [4.78, 5) is 37.6. The Bertz CT molecular complexity index is 852. The van der Waals surface area contributed by atoms with E-state index in [4.69, 9.17) is 14.2 Å². The fraction of sp³-hybridized carbons (Fsp3) is 0.500. The monoisotopic (exact) mass is 402 g/mol. The third-order valence-corrected chi connectivity index (χ3v) is 4.61. The van der Waals surface area contributed by atoms with E-state index in [1.165, 1.54) is 0 Å². The Kier molecular flexibility index (Phi) is 7.31. The molecule has 1 aliphatic heterocycles. The highest BCUT2D eigenvalue weighted by Crippen LogP contribution is 2.23. The normalized spacial score (nSPS) is 14.3. The quantitative estimate of drug-likeness (QED) is 0.479. The molecule has 29 heavy (non-hydrogen) atoms. The summed E-state index contributed by atoms with van der Waals surface area (Å²) in [6, 6.07) is 7.41. The van der Waals surface area contributed by atoms with E-state index in [9.17, 15) is 9.59 Å². The molecule has 2 heterocycles. The first-order valence-corrected chi connectivity index (χ1v) is 9.67. The fourth-order valence-corrected chi connectivity index (χ4v) is 3.11. The number of amides is 1. The Morgan fingerprint density at radius 1 is 1.03 bits per heavy atom. The van der Waals surface area contributed by atoms with E-state index in [0.717, 1.165) is 0 Å². The van der Waals surface area contributed by atoms with Gasteiger partial charge < -0.3 is 24.0 Å². The molecular weight excluding hydrogens is 376 g/mol. The minimum absolute atomic E-state index is 0.0349. The maximum atomic E-state index is 12.5. The smallest absolute Gasteiger partial charge is 0.360 e. The number of methoxy groups -OCH3 is 1. The predicted molar refractivity (Wildman–Crippen MR) is 107 cm³/mol. The second-order valence-corrected chi connectivity index (χ2v) is 6.52. The van der Waals surface area contributed by atoms with E-state index in [0.29, 0.717) is 56.2 Å². The first kappa shape index (κ1) is 20.9. The lowest BCUT2D eigenvalue weighted by Gasteiger charge is -2.35. The van der Waals surface area contributed by atoms with Crippen molar-refractivity contribution < 1.29 is 23.8 Å². The first-order valence-electron chi connectivity index (χ1n) is 9.67. The van der Waals surface area contributed by atoms with Crippen molar-refractivity contribution in [3.05, 3.63) is 30.0 Å². The lowest BCUT2D eigenvalue weighted by atomic mass is 10.2. The van der Waals surface area contributed by atoms with Gasteiger partial charge in [0, 0.05) is 33.3 Å². The third-order valence-electron chi connectivity index (χ3n) is 4.61. The predicted octanol–water partition coefficient (Wildman–Crippen LogP) is 1.12. The minimum atomic E-state index is -0.495. The largest absolute Gasteiger partial charge is 0.461 e. The first-order chi connectivity index (χ1) is 14.1. The molecule has 0 N–H and O–H groups in total. The summed E-state index contributed by atoms with van der Waals surface area (Å²) in [5.74, 6) is -0.0626. The Hall–Kier alpha value is -2.78. The van der Waals surface area contributed by atoms with Crippen molar-refractivity contribution in [3.8, 4) is 0 Å². The molecule has 156 valence electrons. The van der Waals surface area contributed by atoms with Crippen molar-refractivity contribution >= 4 is 28.7 Å². The Balaban J connectivity index is 1.71. The zero-order chi connectivity index (χ0) is 20.6. The Morgan fingerprint density at radius 2 is 1.72 bits per heavy atom. The summed E-state index contributed by atoms with van der Waals surface area (Å²) >= 11 is 0. The van der Waals surface area contributed by atoms with Crippen molar-refractivity contribution in [2.45, 2.75) is 6.92 Å². The van der Waals surface area contributed by atoms with E-state index in [-0.39, 0.29) is 24.8 Å². The molecule has 1 saturated heterocycles. The van der Waals surface area contributed by atoms with Crippen molar-refractivity contribution in [1.29, 1.82) is 0 Å². The topological polar surface area (TPSA) is 94.1 Å². The van der Waals surface area contributed by atoms with Crippen LogP contribution < -0.4 is 4.90 Å². The molecule has 1 aromatic carbocycles. The van der Waals surface area contributed by atoms with E-state index < -0.39 is 5.97 Å². The van der Waals surface area contributed by atoms with Gasteiger partial charge in [0.15, 0.2) is 11.5 Å². The molecule has 0 unspecified atom stereocenters. The van der Waals surface area contributed by atoms with Crippen molar-refractivity contribution in [1.82, 2.24) is 14.9 Å². The van der Waals surface area contributed by atoms with Crippen LogP contribution in [0, 0.1) is 0 Å². The standard InChI is InChI=1S/C20H26N4O5/c1-3-29-20(26)18-19(22-16-7-5-4-6-15(16)21-18)24-10-8-23(9-11-24)17(25)14-28-13-12-27-2/h4-7H,3,8-14H2,1-2H3. The van der Waals surface area contributed by atoms with E-state index in [2.05, 4.69) is 9.97 Å². The van der Waals surface area contributed by atoms with Gasteiger partial charge in [0.2, 0.25) is 5.91 Å². The van der Waals surface area contributed by atoms with Gasteiger partial charge in [0.25, 0.3) is 0 Å². The van der Waals surface area contributed by atoms with Crippen LogP contribution in [0.3, 0.4) is 0 Å². The van der Waals surface area contributed by atoms with Gasteiger partial charge >= 0.3 is 5.97 Å². The molecule has 0 saturated carbocycles. The van der Waals surface area contributed by atoms with Crippen molar-refractivity contribution in [3.63, 3.8) is 0 Å². The lowest BCUT2D eigenvalue weighted by molar-refractivity contribution is -0.136. The van der Waals surface area contributed by atoms with Gasteiger partial charge in [-0.3, -0.25) is 4.79 Å². The highest BCUT2D eigenvalue weighted by molar-refractivity contribution is 5.95. The number of nitrogens with zero attached hydrogens (tertiary/aromatic N) is 4. The number of anilines is 1. The average Bonchev–Trinajstić information content (AvgIpc) is 2.76. The number of aromatic nitrogens is 2. The highest BCUT2D eigenvalue weighted by Gasteiger charge is 2.27. The number of carbonyl (C=O) groups excluding carboxylic acids is 2. The van der Waals surface area contributed by atoms with Gasteiger partial charge in [0.1, 0.15) is 6.61 Å². The molecule has 0 spiro atoms. The molecule has 3 rings (SSSR count). The van der Waals surface area contributed by atoms with Gasteiger partial charge in [-0.15, -0.1) is 0 Å². The van der Waals surface area contributed by atoms with Crippen LogP contribution in [0.2, 0.25) is 0 Å². The molecule has 1 aromatic heterocycles. The van der Waals surface area contributed by atoms with E-state index in [1.54, 1.807) is 18.9 Å². The van der Waals surface area contributed by atoms with Crippen LogP contribution in [0.25, 0.3) is 11.0 Å². The summed E-state index contributed by atoms with van der Waals surface area (Å²) in [5, 5.41) is 0. The second kappa shape index (κ2) is 10.1. The van der Waals surface area contributed by atoms with Crippen LogP contribution in [0.15, 0.2) is 24.3 Å². The van der Waals surface area contributed by atoms with Gasteiger partial charge in [-0.2, -0.15) is 0 Å². The van der Waals surface area contributed by atoms with Crippen molar-refractivity contribution in [2.24, 2.45) is 0 Å². The van der Waals surface area contributed by atoms with Crippen molar-refractivity contribution in [2.75, 3.05) is 64.6 Å². The number of hydrogen-bond donors (Lipinski definition) is 0. The van der Waals surface area contributed by atoms with E-state index >= 15 is 0 Å². The molecule has 9 nitrogen and oxygen atoms in total. The number of rotatable bonds is 8. The second-order valence-electron chi connectivity index (χ2n) is 6.52. The van der Waals surface area contributed by atoms with Crippen LogP contribution in [-0.4, -0.2) is 86.5 Å². The number of benzene rings is 1. The summed E-state index contributed by atoms with van der Waals surface area (Å²) in [5.41, 5.74) is 1.55. The van der Waals surface area contributed by atoms with Gasteiger partial charge in [-0.05, 0) is 19.1 Å². The van der Waals surface area contributed by atoms with Crippen LogP contribution in [-0.2, 0) is 19.0 Å². The number of piperazine rings is 1. The molecule has 1 amide bonds. The number of carbonyl (C=O) groups is 2. The van der Waals surface area contributed by atoms with Crippen LogP contribution in [0.1, 0.15) is 17.4 Å². The SMILES string of the molecule is CCOC(=O)c1nc2ccccc2nc1N1CCN(C(=O)COCCOC)CC1. The Labute approximate surface area is 169 Å². The molecule has 1 fully saturated rings. The van der Waals surface area contributed by atoms with Crippen LogP contribution in [0.4, 0.5) is 5.82 Å². The molecule has 0 bridgehead atoms. The maximum Gasteiger partial charge on any atom is 0.360 e. The van der Waals surface area contributed by atoms with Gasteiger partial charge in [0.05, 0.1) is 30.9 Å². The number of ether oxygens (including phenoxy) is 3. The molecule has 0 radical (unpaired) electrons. The molecule has 0 aliphatic carbocycles. The summed E-state index contributed by atoms with van der Waals surface area (Å²) in [6.07, 6.45) is 0. The highest BCUT2D eigenvalue weighted by atomic mass is 16.5. The molecule has 0 atom stereocenters. The van der Waals surface area contributed by atoms with Crippen LogP contribution >= 0.6 is 0 Å². The molecule has 9 heteroatoms. The van der Waals surface area contributed by atoms with Crippen LogP contribution in [0.5, 0.6) is 0 Å². The summed E-state index contributed by atoms with van der Waals surface area (Å²) < 4.78 is 15.4. The van der Waals surface area contributed by atoms with Gasteiger partial charge in [-0.1, -0.05) is 12.1 Å². The maximum absolute atomic E-state index is 12.5. The number of fused-ring (bicyclic) bond motifs is 1. The molecular formula is C20H26N4O5. The van der Waals surface area contributed by atoms with Gasteiger partial charge in [-0.25, -0.2) is 14.8 Å². The fourth-order valence-electron chi connectivity index (χ4n) is 3.11. The third kappa shape index (κ3) is 5.18. The number of hydrogen-bond acceptors (Lipinski definition) is 8. The summed E-state index contributed by atoms with van der Waals surface area (Å²) in [6.45, 7) is 5.02. The average molecular weight is 402 g/mol. The van der Waals surface area contributed by atoms with E-state index in [1.807, 2.05) is 29.2 Å². The number of esters is 1. The molecule has 1 aliphatic rings.